The predicted octanol–water partition coefficient (Wildman–Crippen LogP) is 6.15. The average Bonchev–Trinajstić information content (AvgIpc) is 3.15. The third-order valence-corrected chi connectivity index (χ3v) is 6.58. The fourth-order valence-corrected chi connectivity index (χ4v) is 4.76. The minimum absolute atomic E-state index is 0. The summed E-state index contributed by atoms with van der Waals surface area (Å²) in [6.07, 6.45) is 4.14. The molecular formula is C30H35CoN3O4. The van der Waals surface area contributed by atoms with Crippen LogP contribution in [0, 0.1) is 10.8 Å². The Bertz CT molecular complexity index is 1280. The van der Waals surface area contributed by atoms with Crippen LogP contribution in [-0.4, -0.2) is 45.1 Å². The normalized spacial score (nSPS) is 16.4. The van der Waals surface area contributed by atoms with Gasteiger partial charge in [0, 0.05) is 46.3 Å². The van der Waals surface area contributed by atoms with E-state index in [0.29, 0.717) is 11.3 Å². The Hall–Kier alpha value is -3.75. The van der Waals surface area contributed by atoms with Gasteiger partial charge in [0.25, 0.3) is 0 Å². The quantitative estimate of drug-likeness (QED) is 0.227. The van der Waals surface area contributed by atoms with Crippen molar-refractivity contribution >= 4 is 17.8 Å². The van der Waals surface area contributed by atoms with Crippen molar-refractivity contribution in [1.29, 1.82) is 10.8 Å². The van der Waals surface area contributed by atoms with E-state index in [1.165, 1.54) is 30.1 Å². The second-order valence-corrected chi connectivity index (χ2v) is 8.75. The van der Waals surface area contributed by atoms with Crippen molar-refractivity contribution < 1.29 is 36.1 Å². The molecule has 1 aliphatic rings. The van der Waals surface area contributed by atoms with Crippen molar-refractivity contribution in [3.05, 3.63) is 95.2 Å². The molecule has 0 saturated heterocycles. The van der Waals surface area contributed by atoms with Gasteiger partial charge >= 0.3 is 0 Å². The Kier molecular flexibility index (Phi) is 11.0. The molecule has 3 aromatic carbocycles. The van der Waals surface area contributed by atoms with E-state index in [1.807, 2.05) is 24.3 Å². The topological polar surface area (TPSA) is 98.9 Å². The summed E-state index contributed by atoms with van der Waals surface area (Å²) in [4.78, 5) is 2.29. The Morgan fingerprint density at radius 2 is 1.58 bits per heavy atom. The van der Waals surface area contributed by atoms with E-state index in [0.717, 1.165) is 30.2 Å². The molecule has 1 heterocycles. The summed E-state index contributed by atoms with van der Waals surface area (Å²) >= 11 is 0. The minimum atomic E-state index is -0.470. The number of benzene rings is 3. The first-order valence-corrected chi connectivity index (χ1v) is 12.0. The molecule has 0 saturated carbocycles. The molecule has 0 amide bonds. The van der Waals surface area contributed by atoms with Crippen LogP contribution in [0.1, 0.15) is 30.5 Å². The van der Waals surface area contributed by atoms with E-state index in [-0.39, 0.29) is 22.2 Å². The molecule has 1 unspecified atom stereocenters. The molecule has 7 nitrogen and oxygen atoms in total. The maximum atomic E-state index is 8.84. The van der Waals surface area contributed by atoms with Gasteiger partial charge in [-0.3, -0.25) is 5.41 Å². The van der Waals surface area contributed by atoms with Crippen LogP contribution in [0.15, 0.2) is 78.5 Å². The van der Waals surface area contributed by atoms with Crippen molar-refractivity contribution in [2.24, 2.45) is 0 Å². The Labute approximate surface area is 235 Å². The smallest absolute Gasteiger partial charge is 0.214 e. The molecule has 1 radical (unpaired) electrons. The van der Waals surface area contributed by atoms with Gasteiger partial charge in [0.05, 0.1) is 26.9 Å². The van der Waals surface area contributed by atoms with Gasteiger partial charge in [-0.1, -0.05) is 24.3 Å². The maximum absolute atomic E-state index is 8.84. The zero-order chi connectivity index (χ0) is 27.0. The third kappa shape index (κ3) is 6.38. The molecule has 4 rings (SSSR count). The molecule has 0 bridgehead atoms. The molecule has 0 aromatic heterocycles. The largest absolute Gasteiger partial charge is 0.497 e. The van der Waals surface area contributed by atoms with Crippen LogP contribution >= 0.6 is 0 Å². The molecule has 0 spiro atoms. The number of aliphatic hydroxyl groups excluding tert-OH is 1. The van der Waals surface area contributed by atoms with E-state index in [2.05, 4.69) is 43.0 Å². The number of fused-ring (bicyclic) bond motifs is 1. The van der Waals surface area contributed by atoms with Crippen molar-refractivity contribution in [1.82, 2.24) is 0 Å². The molecule has 203 valence electrons. The average molecular weight is 561 g/mol. The van der Waals surface area contributed by atoms with Crippen LogP contribution in [0.3, 0.4) is 0 Å². The number of anilines is 1. The molecule has 1 atom stereocenters. The summed E-state index contributed by atoms with van der Waals surface area (Å²) in [5.41, 5.74) is 4.99. The van der Waals surface area contributed by atoms with E-state index in [1.54, 1.807) is 38.5 Å². The number of rotatable bonds is 8. The first-order valence-electron chi connectivity index (χ1n) is 12.0. The molecule has 0 fully saturated rings. The van der Waals surface area contributed by atoms with Crippen LogP contribution in [0.4, 0.5) is 5.69 Å². The first kappa shape index (κ1) is 30.5. The summed E-state index contributed by atoms with van der Waals surface area (Å²) in [7, 11) is 4.88. The molecule has 38 heavy (non-hydrogen) atoms. The SMILES string of the molecule is CCN1/C(=C\C=N)C(C)(Cc2ccc(OC)cc2)c2cc(OC)ccc21.COc1ccccc1C(=N)O.[Co]. The first-order chi connectivity index (χ1) is 17.8. The summed E-state index contributed by atoms with van der Waals surface area (Å²) in [6, 6.07) is 21.3. The predicted molar refractivity (Wildman–Crippen MR) is 149 cm³/mol. The van der Waals surface area contributed by atoms with E-state index < -0.39 is 5.90 Å². The van der Waals surface area contributed by atoms with Gasteiger partial charge in [0.1, 0.15) is 17.2 Å². The third-order valence-electron chi connectivity index (χ3n) is 6.58. The molecular weight excluding hydrogens is 525 g/mol. The number of para-hydroxylation sites is 1. The number of aliphatic hydroxyl groups is 1. The molecule has 8 heteroatoms. The number of allylic oxidation sites excluding steroid dienone is 2. The summed E-state index contributed by atoms with van der Waals surface area (Å²) < 4.78 is 15.7. The number of hydrogen-bond acceptors (Lipinski definition) is 6. The van der Waals surface area contributed by atoms with Gasteiger partial charge in [-0.15, -0.1) is 0 Å². The van der Waals surface area contributed by atoms with Crippen LogP contribution in [0.5, 0.6) is 17.2 Å². The maximum Gasteiger partial charge on any atom is 0.214 e. The fourth-order valence-electron chi connectivity index (χ4n) is 4.76. The van der Waals surface area contributed by atoms with Gasteiger partial charge in [0.15, 0.2) is 0 Å². The molecule has 0 aliphatic carbocycles. The number of ether oxygens (including phenoxy) is 3. The van der Waals surface area contributed by atoms with Crippen molar-refractivity contribution in [2.75, 3.05) is 32.8 Å². The molecule has 3 N–H and O–H groups in total. The fraction of sp³-hybridized carbons (Fsp3) is 0.267. The van der Waals surface area contributed by atoms with Gasteiger partial charge < -0.3 is 29.6 Å². The van der Waals surface area contributed by atoms with E-state index in [9.17, 15) is 0 Å². The number of nitrogens with zero attached hydrogens (tertiary/aromatic N) is 1. The number of methoxy groups -OCH3 is 3. The Morgan fingerprint density at radius 3 is 2.11 bits per heavy atom. The summed E-state index contributed by atoms with van der Waals surface area (Å²) in [6.45, 7) is 5.25. The number of likely N-dealkylation sites (N-methyl/N-ethyl adjacent to an activating group) is 1. The van der Waals surface area contributed by atoms with Crippen molar-refractivity contribution in [2.45, 2.75) is 25.7 Å². The van der Waals surface area contributed by atoms with Crippen molar-refractivity contribution in [3.8, 4) is 17.2 Å². The van der Waals surface area contributed by atoms with Gasteiger partial charge in [-0.05, 0) is 79.9 Å². The standard InChI is InChI=1S/C22H26N2O2.C8H9NO2.Co/c1-5-24-20-11-10-18(26-4)14-19(20)22(2,21(24)12-13-23)15-16-6-8-17(25-3)9-7-16;1-11-7-5-3-2-4-6(7)8(9)10;/h6-14,23H,5,15H2,1-4H3;2-5H,1H3,(H2,9,10);/b21-12-,23-13?;;. The van der Waals surface area contributed by atoms with Crippen LogP contribution in [-0.2, 0) is 28.6 Å². The summed E-state index contributed by atoms with van der Waals surface area (Å²) in [5, 5.41) is 23.5. The van der Waals surface area contributed by atoms with Gasteiger partial charge in [-0.2, -0.15) is 0 Å². The van der Waals surface area contributed by atoms with E-state index >= 15 is 0 Å². The second-order valence-electron chi connectivity index (χ2n) is 8.75. The molecule has 1 aliphatic heterocycles. The molecule has 3 aromatic rings. The zero-order valence-corrected chi connectivity index (χ0v) is 23.4. The monoisotopic (exact) mass is 560 g/mol. The zero-order valence-electron chi connectivity index (χ0n) is 22.4. The second kappa shape index (κ2) is 13.7. The number of hydrogen-bond donors (Lipinski definition) is 3. The summed E-state index contributed by atoms with van der Waals surface area (Å²) in [5.74, 6) is 1.76. The van der Waals surface area contributed by atoms with Gasteiger partial charge in [-0.25, -0.2) is 0 Å². The Balaban J connectivity index is 0.000000356. The van der Waals surface area contributed by atoms with Crippen LogP contribution < -0.4 is 19.1 Å². The number of nitrogens with one attached hydrogen (secondary N) is 2. The van der Waals surface area contributed by atoms with Crippen molar-refractivity contribution in [3.63, 3.8) is 0 Å². The van der Waals surface area contributed by atoms with Gasteiger partial charge in [0.2, 0.25) is 5.90 Å². The van der Waals surface area contributed by atoms with E-state index in [4.69, 9.17) is 30.1 Å². The van der Waals surface area contributed by atoms with Crippen LogP contribution in [0.25, 0.3) is 0 Å². The Morgan fingerprint density at radius 1 is 0.947 bits per heavy atom. The minimum Gasteiger partial charge on any atom is -0.497 e. The van der Waals surface area contributed by atoms with Crippen LogP contribution in [0.2, 0.25) is 0 Å².